The average Bonchev–Trinajstić information content (AvgIpc) is 3.76. The summed E-state index contributed by atoms with van der Waals surface area (Å²) in [6.45, 7) is 4.96. The molecule has 0 aromatic heterocycles. The fourth-order valence-electron chi connectivity index (χ4n) is 13.1. The second-order valence-electron chi connectivity index (χ2n) is 30.2. The number of hydrogen-bond acceptors (Lipinski definition) is 7. The van der Waals surface area contributed by atoms with Gasteiger partial charge in [-0.15, -0.1) is 0 Å². The third-order valence-corrected chi connectivity index (χ3v) is 19.5. The van der Waals surface area contributed by atoms with Crippen molar-refractivity contribution in [2.75, 3.05) is 47.5 Å². The first kappa shape index (κ1) is 91.8. The first-order valence-electron chi connectivity index (χ1n) is 42.0. The summed E-state index contributed by atoms with van der Waals surface area (Å²) < 4.78 is 23.1. The number of hydrogen-bond donors (Lipinski definition) is 1. The highest BCUT2D eigenvalue weighted by molar-refractivity contribution is 5.71. The Labute approximate surface area is 586 Å². The molecular weight excluding hydrogens is 1160 g/mol. The van der Waals surface area contributed by atoms with Crippen molar-refractivity contribution in [2.24, 2.45) is 0 Å². The number of carboxylic acid groups (broad SMARTS) is 1. The van der Waals surface area contributed by atoms with Crippen LogP contribution in [0.4, 0.5) is 0 Å². The van der Waals surface area contributed by atoms with Crippen molar-refractivity contribution >= 4 is 17.9 Å². The molecule has 0 saturated heterocycles. The number of unbranched alkanes of at least 4 members (excludes halogenated alkanes) is 61. The van der Waals surface area contributed by atoms with E-state index in [1.165, 1.54) is 372 Å². The Kier molecular flexibility index (Phi) is 74.7. The first-order valence-corrected chi connectivity index (χ1v) is 42.0. The lowest BCUT2D eigenvalue weighted by Gasteiger charge is -2.25. The summed E-state index contributed by atoms with van der Waals surface area (Å²) in [6, 6.07) is 0. The predicted octanol–water partition coefficient (Wildman–Crippen LogP) is 26.9. The summed E-state index contributed by atoms with van der Waals surface area (Å²) in [4.78, 5) is 37.8. The smallest absolute Gasteiger partial charge is 0.361 e. The van der Waals surface area contributed by atoms with Crippen molar-refractivity contribution in [3.63, 3.8) is 0 Å². The van der Waals surface area contributed by atoms with E-state index in [2.05, 4.69) is 38.2 Å². The Balaban J connectivity index is 3.93. The zero-order valence-electron chi connectivity index (χ0n) is 63.9. The molecule has 1 N–H and O–H groups in total. The van der Waals surface area contributed by atoms with E-state index in [0.29, 0.717) is 17.4 Å². The molecular formula is C85H164NO8+. The van der Waals surface area contributed by atoms with E-state index >= 15 is 0 Å². The summed E-state index contributed by atoms with van der Waals surface area (Å²) in [5.41, 5.74) is 0. The summed E-state index contributed by atoms with van der Waals surface area (Å²) >= 11 is 0. The molecule has 0 heterocycles. The molecule has 0 fully saturated rings. The fraction of sp³-hybridized carbons (Fsp3) is 0.918. The van der Waals surface area contributed by atoms with Gasteiger partial charge < -0.3 is 28.5 Å². The van der Waals surface area contributed by atoms with E-state index in [0.717, 1.165) is 44.9 Å². The summed E-state index contributed by atoms with van der Waals surface area (Å²) in [5.74, 6) is -1.96. The van der Waals surface area contributed by atoms with E-state index in [1.54, 1.807) is 0 Å². The van der Waals surface area contributed by atoms with Crippen LogP contribution in [0.5, 0.6) is 0 Å². The van der Waals surface area contributed by atoms with Gasteiger partial charge in [0.25, 0.3) is 6.29 Å². The maximum absolute atomic E-state index is 13.0. The molecule has 2 unspecified atom stereocenters. The Hall–Kier alpha value is -2.23. The molecule has 0 aromatic rings. The number of carboxylic acids is 1. The largest absolute Gasteiger partial charge is 0.477 e. The topological polar surface area (TPSA) is 108 Å². The normalized spacial score (nSPS) is 12.6. The van der Waals surface area contributed by atoms with Crippen molar-refractivity contribution in [1.29, 1.82) is 0 Å². The predicted molar refractivity (Wildman–Crippen MR) is 406 cm³/mol. The van der Waals surface area contributed by atoms with Crippen molar-refractivity contribution in [1.82, 2.24) is 0 Å². The maximum Gasteiger partial charge on any atom is 0.361 e. The Bertz CT molecular complexity index is 1590. The number of aliphatic carboxylic acids is 1. The minimum Gasteiger partial charge on any atom is -0.477 e. The number of carbonyl (C=O) groups excluding carboxylic acids is 2. The van der Waals surface area contributed by atoms with E-state index in [9.17, 15) is 19.5 Å². The maximum atomic E-state index is 13.0. The van der Waals surface area contributed by atoms with Gasteiger partial charge in [0.05, 0.1) is 34.4 Å². The molecule has 2 atom stereocenters. The highest BCUT2D eigenvalue weighted by Crippen LogP contribution is 2.21. The highest BCUT2D eigenvalue weighted by atomic mass is 16.7. The van der Waals surface area contributed by atoms with Crippen LogP contribution in [0.15, 0.2) is 24.3 Å². The number of likely N-dealkylation sites (N-methyl/N-ethyl adjacent to an activating group) is 1. The second kappa shape index (κ2) is 76.5. The van der Waals surface area contributed by atoms with Crippen molar-refractivity contribution in [2.45, 2.75) is 456 Å². The van der Waals surface area contributed by atoms with Gasteiger partial charge in [-0.25, -0.2) is 4.79 Å². The minimum atomic E-state index is -1.51. The Morgan fingerprint density at radius 3 is 0.840 bits per heavy atom. The summed E-state index contributed by atoms with van der Waals surface area (Å²) in [5, 5.41) is 9.78. The van der Waals surface area contributed by atoms with Gasteiger partial charge in [-0.3, -0.25) is 9.59 Å². The monoisotopic (exact) mass is 1330 g/mol. The summed E-state index contributed by atoms with van der Waals surface area (Å²) in [7, 11) is 6.00. The third kappa shape index (κ3) is 77.1. The standard InChI is InChI=1S/C85H163NO8/c1-6-8-10-12-14-16-18-20-22-24-26-28-30-32-34-36-38-40-42-44-46-48-50-52-54-56-58-60-62-64-66-68-70-72-74-76-83(88)94-81(80-93-85(84(89)90)91-78-77-86(3,4)5)79-92-82(87)75-73-71-69-67-65-63-61-59-57-55-53-51-49-47-45-43-41-39-37-35-33-31-29-27-25-23-21-19-17-15-13-11-9-7-2/h18,20,24,26,81,85H,6-17,19,21-23,25,27-80H2,1-5H3/p+1/b20-18-,26-24-. The van der Waals surface area contributed by atoms with Crippen LogP contribution in [0, 0.1) is 0 Å². The fourth-order valence-corrected chi connectivity index (χ4v) is 13.1. The van der Waals surface area contributed by atoms with Crippen LogP contribution >= 0.6 is 0 Å². The molecule has 0 radical (unpaired) electrons. The Morgan fingerprint density at radius 2 is 0.574 bits per heavy atom. The quantitative estimate of drug-likeness (QED) is 0.0211. The number of ether oxygens (including phenoxy) is 4. The molecule has 94 heavy (non-hydrogen) atoms. The SMILES string of the molecule is CCCCCCC/C=C\C/C=C\CCCCCCCCCCCCCCCCCCCCCCCCCC(=O)OC(COC(=O)CCCCCCCCCCCCCCCCCCCCCCCCCCCCCCCCCCCC)COC(OCC[N+](C)(C)C)C(=O)O. The summed E-state index contributed by atoms with van der Waals surface area (Å²) in [6.07, 6.45) is 95.0. The molecule has 556 valence electrons. The van der Waals surface area contributed by atoms with Crippen molar-refractivity contribution in [3.8, 4) is 0 Å². The zero-order chi connectivity index (χ0) is 68.2. The van der Waals surface area contributed by atoms with Crippen LogP contribution in [0.2, 0.25) is 0 Å². The van der Waals surface area contributed by atoms with Crippen molar-refractivity contribution in [3.05, 3.63) is 24.3 Å². The van der Waals surface area contributed by atoms with Gasteiger partial charge in [-0.2, -0.15) is 0 Å². The Morgan fingerprint density at radius 1 is 0.319 bits per heavy atom. The lowest BCUT2D eigenvalue weighted by molar-refractivity contribution is -0.870. The minimum absolute atomic E-state index is 0.173. The lowest BCUT2D eigenvalue weighted by Crippen LogP contribution is -2.40. The van der Waals surface area contributed by atoms with Gasteiger partial charge in [-0.05, 0) is 44.9 Å². The molecule has 0 spiro atoms. The third-order valence-electron chi connectivity index (χ3n) is 19.5. The van der Waals surface area contributed by atoms with E-state index in [1.807, 2.05) is 21.1 Å². The molecule has 9 nitrogen and oxygen atoms in total. The van der Waals surface area contributed by atoms with E-state index < -0.39 is 18.4 Å². The van der Waals surface area contributed by atoms with E-state index in [4.69, 9.17) is 18.9 Å². The molecule has 0 aromatic carbocycles. The molecule has 0 rings (SSSR count). The van der Waals surface area contributed by atoms with Gasteiger partial charge in [0.15, 0.2) is 6.10 Å². The molecule has 9 heteroatoms. The number of nitrogens with zero attached hydrogens (tertiary/aromatic N) is 1. The molecule has 0 bridgehead atoms. The van der Waals surface area contributed by atoms with E-state index in [-0.39, 0.29) is 38.2 Å². The molecule has 0 amide bonds. The van der Waals surface area contributed by atoms with Gasteiger partial charge in [0, 0.05) is 12.8 Å². The van der Waals surface area contributed by atoms with Gasteiger partial charge in [-0.1, -0.05) is 411 Å². The number of quaternary nitrogens is 1. The van der Waals surface area contributed by atoms with Gasteiger partial charge in [0.1, 0.15) is 13.2 Å². The molecule has 0 aliphatic rings. The van der Waals surface area contributed by atoms with Crippen LogP contribution in [0.25, 0.3) is 0 Å². The molecule has 0 saturated carbocycles. The van der Waals surface area contributed by atoms with Crippen LogP contribution < -0.4 is 0 Å². The molecule has 0 aliphatic carbocycles. The first-order chi connectivity index (χ1) is 46.1. The highest BCUT2D eigenvalue weighted by Gasteiger charge is 2.25. The van der Waals surface area contributed by atoms with Gasteiger partial charge >= 0.3 is 17.9 Å². The average molecular weight is 1330 g/mol. The number of allylic oxidation sites excluding steroid dienone is 4. The van der Waals surface area contributed by atoms with Crippen LogP contribution in [-0.2, 0) is 33.3 Å². The van der Waals surface area contributed by atoms with Crippen LogP contribution in [0.3, 0.4) is 0 Å². The second-order valence-corrected chi connectivity index (χ2v) is 30.2. The number of rotatable bonds is 80. The van der Waals surface area contributed by atoms with Crippen LogP contribution in [-0.4, -0.2) is 87.4 Å². The number of carbonyl (C=O) groups is 3. The lowest BCUT2D eigenvalue weighted by atomic mass is 10.0. The van der Waals surface area contributed by atoms with Gasteiger partial charge in [0.2, 0.25) is 0 Å². The molecule has 0 aliphatic heterocycles. The zero-order valence-corrected chi connectivity index (χ0v) is 63.9. The van der Waals surface area contributed by atoms with Crippen molar-refractivity contribution < 1.29 is 42.9 Å². The van der Waals surface area contributed by atoms with Crippen LogP contribution in [0.1, 0.15) is 444 Å². The number of esters is 2.